The number of aromatic nitrogens is 3. The number of hydrogen-bond donors (Lipinski definition) is 1. The Labute approximate surface area is 88.3 Å². The number of carbonyl (C=O) groups is 1. The maximum Gasteiger partial charge on any atom is 0.271 e. The molecule has 0 aliphatic heterocycles. The van der Waals surface area contributed by atoms with E-state index in [1.807, 2.05) is 0 Å². The van der Waals surface area contributed by atoms with E-state index in [-0.39, 0.29) is 5.91 Å². The van der Waals surface area contributed by atoms with Crippen molar-refractivity contribution in [3.05, 3.63) is 28.6 Å². The highest BCUT2D eigenvalue weighted by Crippen LogP contribution is 2.09. The number of halogens is 1. The van der Waals surface area contributed by atoms with Crippen molar-refractivity contribution >= 4 is 27.5 Å². The summed E-state index contributed by atoms with van der Waals surface area (Å²) in [7, 11) is 1.57. The molecule has 0 unspecified atom stereocenters. The van der Waals surface area contributed by atoms with Gasteiger partial charge in [0, 0.05) is 25.5 Å². The zero-order chi connectivity index (χ0) is 10.1. The summed E-state index contributed by atoms with van der Waals surface area (Å²) in [6.07, 6.45) is 3.40. The van der Waals surface area contributed by atoms with Crippen molar-refractivity contribution < 1.29 is 4.79 Å². The molecule has 72 valence electrons. The molecule has 0 bridgehead atoms. The van der Waals surface area contributed by atoms with Crippen LogP contribution in [-0.4, -0.2) is 27.6 Å². The van der Waals surface area contributed by atoms with Crippen molar-refractivity contribution in [3.8, 4) is 0 Å². The topological polar surface area (TPSA) is 59.3 Å². The van der Waals surface area contributed by atoms with Crippen molar-refractivity contribution in [2.45, 2.75) is 0 Å². The quantitative estimate of drug-likeness (QED) is 0.821. The molecule has 5 nitrogen and oxygen atoms in total. The number of nitrogens with zero attached hydrogens (tertiary/aromatic N) is 3. The zero-order valence-electron chi connectivity index (χ0n) is 7.36. The highest BCUT2D eigenvalue weighted by molar-refractivity contribution is 9.10. The van der Waals surface area contributed by atoms with Gasteiger partial charge in [-0.25, -0.2) is 9.50 Å². The summed E-state index contributed by atoms with van der Waals surface area (Å²) in [4.78, 5) is 15.3. The number of hydrogen-bond acceptors (Lipinski definition) is 3. The van der Waals surface area contributed by atoms with Gasteiger partial charge in [-0.3, -0.25) is 4.79 Å². The Kier molecular flexibility index (Phi) is 2.20. The van der Waals surface area contributed by atoms with E-state index in [4.69, 9.17) is 0 Å². The second-order valence-electron chi connectivity index (χ2n) is 2.68. The van der Waals surface area contributed by atoms with Crippen molar-refractivity contribution in [2.24, 2.45) is 0 Å². The lowest BCUT2D eigenvalue weighted by Crippen LogP contribution is -2.18. The van der Waals surface area contributed by atoms with Gasteiger partial charge in [-0.2, -0.15) is 5.10 Å². The summed E-state index contributed by atoms with van der Waals surface area (Å²) in [6.45, 7) is 0. The first-order chi connectivity index (χ1) is 6.70. The summed E-state index contributed by atoms with van der Waals surface area (Å²) in [6, 6.07) is 1.63. The maximum atomic E-state index is 11.2. The molecule has 0 atom stereocenters. The van der Waals surface area contributed by atoms with Crippen LogP contribution >= 0.6 is 15.9 Å². The Morgan fingerprint density at radius 2 is 2.43 bits per heavy atom. The van der Waals surface area contributed by atoms with Crippen LogP contribution in [0.2, 0.25) is 0 Å². The molecule has 0 aliphatic carbocycles. The van der Waals surface area contributed by atoms with E-state index in [0.29, 0.717) is 11.3 Å². The van der Waals surface area contributed by atoms with Gasteiger partial charge in [0.15, 0.2) is 11.3 Å². The van der Waals surface area contributed by atoms with Crippen LogP contribution in [0.4, 0.5) is 0 Å². The Morgan fingerprint density at radius 3 is 3.14 bits per heavy atom. The molecule has 0 aliphatic rings. The molecule has 0 aromatic carbocycles. The highest BCUT2D eigenvalue weighted by Gasteiger charge is 2.09. The molecule has 0 saturated heterocycles. The van der Waals surface area contributed by atoms with Gasteiger partial charge in [0.2, 0.25) is 0 Å². The van der Waals surface area contributed by atoms with E-state index in [1.165, 1.54) is 0 Å². The first-order valence-electron chi connectivity index (χ1n) is 3.94. The maximum absolute atomic E-state index is 11.2. The molecule has 1 N–H and O–H groups in total. The average Bonchev–Trinajstić information content (AvgIpc) is 2.59. The minimum absolute atomic E-state index is 0.216. The highest BCUT2D eigenvalue weighted by atomic mass is 79.9. The predicted octanol–water partition coefficient (Wildman–Crippen LogP) is 0.851. The molecule has 14 heavy (non-hydrogen) atoms. The molecular formula is C8H7BrN4O. The lowest BCUT2D eigenvalue weighted by molar-refractivity contribution is 0.0958. The number of rotatable bonds is 1. The fourth-order valence-electron chi connectivity index (χ4n) is 1.09. The molecule has 2 rings (SSSR count). The van der Waals surface area contributed by atoms with Crippen molar-refractivity contribution in [1.29, 1.82) is 0 Å². The van der Waals surface area contributed by atoms with Crippen molar-refractivity contribution in [2.75, 3.05) is 7.05 Å². The van der Waals surface area contributed by atoms with E-state index in [2.05, 4.69) is 31.3 Å². The van der Waals surface area contributed by atoms with Crippen LogP contribution in [-0.2, 0) is 0 Å². The molecule has 2 heterocycles. The smallest absolute Gasteiger partial charge is 0.271 e. The lowest BCUT2D eigenvalue weighted by atomic mass is 10.4. The van der Waals surface area contributed by atoms with Crippen LogP contribution in [0.15, 0.2) is 22.9 Å². The second-order valence-corrected chi connectivity index (χ2v) is 3.60. The van der Waals surface area contributed by atoms with Crippen molar-refractivity contribution in [3.63, 3.8) is 0 Å². The van der Waals surface area contributed by atoms with Gasteiger partial charge in [-0.15, -0.1) is 0 Å². The third-order valence-electron chi connectivity index (χ3n) is 1.74. The molecule has 0 spiro atoms. The average molecular weight is 255 g/mol. The van der Waals surface area contributed by atoms with Crippen molar-refractivity contribution in [1.82, 2.24) is 19.9 Å². The minimum Gasteiger partial charge on any atom is -0.354 e. The van der Waals surface area contributed by atoms with Gasteiger partial charge in [-0.05, 0) is 15.9 Å². The largest absolute Gasteiger partial charge is 0.354 e. The normalized spacial score (nSPS) is 10.4. The van der Waals surface area contributed by atoms with Gasteiger partial charge in [-0.1, -0.05) is 0 Å². The number of carbonyl (C=O) groups excluding carboxylic acids is 1. The SMILES string of the molecule is CNC(=O)c1cc2ncc(Br)cn2n1. The fraction of sp³-hybridized carbons (Fsp3) is 0.125. The van der Waals surface area contributed by atoms with E-state index in [1.54, 1.807) is 30.0 Å². The van der Waals surface area contributed by atoms with Crippen LogP contribution in [0, 0.1) is 0 Å². The fourth-order valence-corrected chi connectivity index (χ4v) is 1.39. The second kappa shape index (κ2) is 3.38. The third-order valence-corrected chi connectivity index (χ3v) is 2.15. The van der Waals surface area contributed by atoms with Gasteiger partial charge in [0.05, 0.1) is 4.47 Å². The molecule has 2 aromatic heterocycles. The van der Waals surface area contributed by atoms with Crippen LogP contribution in [0.1, 0.15) is 10.5 Å². The van der Waals surface area contributed by atoms with E-state index in [9.17, 15) is 4.79 Å². The van der Waals surface area contributed by atoms with E-state index in [0.717, 1.165) is 4.47 Å². The first-order valence-corrected chi connectivity index (χ1v) is 4.73. The first kappa shape index (κ1) is 9.14. The summed E-state index contributed by atoms with van der Waals surface area (Å²) < 4.78 is 2.37. The predicted molar refractivity (Wildman–Crippen MR) is 54.1 cm³/mol. The van der Waals surface area contributed by atoms with Crippen LogP contribution in [0.5, 0.6) is 0 Å². The van der Waals surface area contributed by atoms with Crippen LogP contribution in [0.3, 0.4) is 0 Å². The molecule has 2 aromatic rings. The summed E-state index contributed by atoms with van der Waals surface area (Å²) in [5, 5.41) is 6.56. The lowest BCUT2D eigenvalue weighted by Gasteiger charge is -1.91. The van der Waals surface area contributed by atoms with Gasteiger partial charge >= 0.3 is 0 Å². The van der Waals surface area contributed by atoms with Crippen LogP contribution in [0.25, 0.3) is 5.65 Å². The molecule has 0 radical (unpaired) electrons. The van der Waals surface area contributed by atoms with E-state index < -0.39 is 0 Å². The Bertz CT molecular complexity index is 493. The molecule has 1 amide bonds. The summed E-state index contributed by atoms with van der Waals surface area (Å²) in [5.74, 6) is -0.216. The Morgan fingerprint density at radius 1 is 1.64 bits per heavy atom. The van der Waals surface area contributed by atoms with Gasteiger partial charge in [0.25, 0.3) is 5.91 Å². The monoisotopic (exact) mass is 254 g/mol. The number of nitrogens with one attached hydrogen (secondary N) is 1. The Balaban J connectivity index is 2.56. The zero-order valence-corrected chi connectivity index (χ0v) is 8.95. The molecule has 6 heteroatoms. The molecular weight excluding hydrogens is 248 g/mol. The van der Waals surface area contributed by atoms with Gasteiger partial charge in [0.1, 0.15) is 0 Å². The summed E-state index contributed by atoms with van der Waals surface area (Å²) >= 11 is 3.27. The van der Waals surface area contributed by atoms with Gasteiger partial charge < -0.3 is 5.32 Å². The number of amides is 1. The Hall–Kier alpha value is -1.43. The molecule has 0 fully saturated rings. The standard InChI is InChI=1S/C8H7BrN4O/c1-10-8(14)6-2-7-11-3-5(9)4-13(7)12-6/h2-4H,1H3,(H,10,14). The van der Waals surface area contributed by atoms with E-state index >= 15 is 0 Å². The summed E-state index contributed by atoms with van der Waals surface area (Å²) in [5.41, 5.74) is 1.00. The minimum atomic E-state index is -0.216. The third kappa shape index (κ3) is 1.48. The number of fused-ring (bicyclic) bond motifs is 1. The van der Waals surface area contributed by atoms with Crippen LogP contribution < -0.4 is 5.32 Å². The molecule has 0 saturated carbocycles.